The zero-order valence-electron chi connectivity index (χ0n) is 12.1. The monoisotopic (exact) mass is 305 g/mol. The predicted octanol–water partition coefficient (Wildman–Crippen LogP) is 4.47. The van der Waals surface area contributed by atoms with Gasteiger partial charge < -0.3 is 15.2 Å². The third kappa shape index (κ3) is 5.20. The maximum atomic E-state index is 5.85. The molecule has 0 saturated carbocycles. The predicted molar refractivity (Wildman–Crippen MR) is 87.3 cm³/mol. The van der Waals surface area contributed by atoms with Crippen LogP contribution in [0.1, 0.15) is 18.4 Å². The Hall–Kier alpha value is -1.87. The molecule has 0 amide bonds. The second kappa shape index (κ2) is 7.79. The average molecular weight is 306 g/mol. The summed E-state index contributed by atoms with van der Waals surface area (Å²) in [4.78, 5) is 0. The van der Waals surface area contributed by atoms with Crippen LogP contribution in [0, 0.1) is 6.92 Å². The van der Waals surface area contributed by atoms with Crippen LogP contribution >= 0.6 is 11.6 Å². The number of anilines is 1. The van der Waals surface area contributed by atoms with Gasteiger partial charge in [0.2, 0.25) is 0 Å². The summed E-state index contributed by atoms with van der Waals surface area (Å²) in [6.07, 6.45) is 1.87. The molecule has 2 rings (SSSR count). The largest absolute Gasteiger partial charge is 0.494 e. The van der Waals surface area contributed by atoms with Gasteiger partial charge in [-0.25, -0.2) is 0 Å². The number of aryl methyl sites for hydroxylation is 1. The first-order valence-corrected chi connectivity index (χ1v) is 7.40. The van der Waals surface area contributed by atoms with Crippen LogP contribution < -0.4 is 15.2 Å². The normalized spacial score (nSPS) is 10.4. The Kier molecular flexibility index (Phi) is 5.76. The molecular formula is C17H20ClNO2. The minimum Gasteiger partial charge on any atom is -0.494 e. The van der Waals surface area contributed by atoms with E-state index in [9.17, 15) is 0 Å². The topological polar surface area (TPSA) is 44.5 Å². The van der Waals surface area contributed by atoms with Crippen molar-refractivity contribution in [2.75, 3.05) is 18.9 Å². The van der Waals surface area contributed by atoms with Crippen molar-refractivity contribution < 1.29 is 9.47 Å². The second-order valence-electron chi connectivity index (χ2n) is 4.90. The fraction of sp³-hybridized carbons (Fsp3) is 0.294. The van der Waals surface area contributed by atoms with Crippen molar-refractivity contribution in [1.29, 1.82) is 0 Å². The van der Waals surface area contributed by atoms with Gasteiger partial charge in [-0.2, -0.15) is 0 Å². The quantitative estimate of drug-likeness (QED) is 0.606. The van der Waals surface area contributed by atoms with Gasteiger partial charge in [0.1, 0.15) is 11.5 Å². The van der Waals surface area contributed by atoms with Gasteiger partial charge in [-0.3, -0.25) is 0 Å². The molecule has 0 atom stereocenters. The Morgan fingerprint density at radius 1 is 0.905 bits per heavy atom. The average Bonchev–Trinajstić information content (AvgIpc) is 2.48. The van der Waals surface area contributed by atoms with E-state index in [4.69, 9.17) is 26.8 Å². The number of hydrogen-bond donors (Lipinski definition) is 1. The summed E-state index contributed by atoms with van der Waals surface area (Å²) in [5.41, 5.74) is 7.49. The van der Waals surface area contributed by atoms with E-state index >= 15 is 0 Å². The molecular weight excluding hydrogens is 286 g/mol. The summed E-state index contributed by atoms with van der Waals surface area (Å²) in [6.45, 7) is 3.39. The molecule has 0 aliphatic heterocycles. The Balaban J connectivity index is 1.61. The van der Waals surface area contributed by atoms with E-state index in [1.54, 1.807) is 12.1 Å². The van der Waals surface area contributed by atoms with E-state index in [0.717, 1.165) is 24.3 Å². The summed E-state index contributed by atoms with van der Waals surface area (Å²) in [7, 11) is 0. The first kappa shape index (κ1) is 15.5. The highest BCUT2D eigenvalue weighted by atomic mass is 35.5. The Morgan fingerprint density at radius 2 is 1.48 bits per heavy atom. The molecule has 0 radical (unpaired) electrons. The standard InChI is InChI=1S/C17H20ClNO2/c1-13-4-6-14(7-5-13)20-10-2-3-11-21-15-8-9-16(18)17(19)12-15/h4-9,12H,2-3,10-11,19H2,1H3. The maximum absolute atomic E-state index is 5.85. The third-order valence-electron chi connectivity index (χ3n) is 3.06. The molecule has 0 saturated heterocycles. The molecule has 0 aliphatic carbocycles. The SMILES string of the molecule is Cc1ccc(OCCCCOc2ccc(Cl)c(N)c2)cc1. The summed E-state index contributed by atoms with van der Waals surface area (Å²) in [6, 6.07) is 13.4. The third-order valence-corrected chi connectivity index (χ3v) is 3.41. The Morgan fingerprint density at radius 3 is 2.10 bits per heavy atom. The highest BCUT2D eigenvalue weighted by Crippen LogP contribution is 2.23. The Bertz CT molecular complexity index is 570. The number of unbranched alkanes of at least 4 members (excludes halogenated alkanes) is 1. The van der Waals surface area contributed by atoms with Gasteiger partial charge in [0.05, 0.1) is 23.9 Å². The summed E-state index contributed by atoms with van der Waals surface area (Å²) < 4.78 is 11.3. The van der Waals surface area contributed by atoms with Gasteiger partial charge in [-0.05, 0) is 44.0 Å². The zero-order chi connectivity index (χ0) is 15.1. The summed E-state index contributed by atoms with van der Waals surface area (Å²) >= 11 is 5.85. The van der Waals surface area contributed by atoms with Crippen molar-refractivity contribution in [3.63, 3.8) is 0 Å². The van der Waals surface area contributed by atoms with Crippen LogP contribution in [0.2, 0.25) is 5.02 Å². The van der Waals surface area contributed by atoms with Crippen molar-refractivity contribution in [3.05, 3.63) is 53.1 Å². The van der Waals surface area contributed by atoms with Crippen molar-refractivity contribution in [3.8, 4) is 11.5 Å². The van der Waals surface area contributed by atoms with Crippen molar-refractivity contribution in [1.82, 2.24) is 0 Å². The van der Waals surface area contributed by atoms with Crippen LogP contribution in [0.3, 0.4) is 0 Å². The van der Waals surface area contributed by atoms with Crippen LogP contribution in [0.25, 0.3) is 0 Å². The van der Waals surface area contributed by atoms with E-state index in [1.165, 1.54) is 5.56 Å². The van der Waals surface area contributed by atoms with E-state index in [-0.39, 0.29) is 0 Å². The molecule has 4 heteroatoms. The molecule has 2 N–H and O–H groups in total. The summed E-state index contributed by atoms with van der Waals surface area (Å²) in [5.74, 6) is 1.66. The summed E-state index contributed by atoms with van der Waals surface area (Å²) in [5, 5.41) is 0.550. The number of nitrogen functional groups attached to an aromatic ring is 1. The van der Waals surface area contributed by atoms with Crippen LogP contribution in [-0.4, -0.2) is 13.2 Å². The van der Waals surface area contributed by atoms with Crippen LogP contribution in [0.15, 0.2) is 42.5 Å². The molecule has 2 aromatic rings. The number of rotatable bonds is 7. The molecule has 0 heterocycles. The molecule has 3 nitrogen and oxygen atoms in total. The van der Waals surface area contributed by atoms with Gasteiger partial charge in [-0.15, -0.1) is 0 Å². The van der Waals surface area contributed by atoms with Crippen LogP contribution in [0.4, 0.5) is 5.69 Å². The minimum atomic E-state index is 0.539. The minimum absolute atomic E-state index is 0.539. The lowest BCUT2D eigenvalue weighted by atomic mass is 10.2. The van der Waals surface area contributed by atoms with Crippen molar-refractivity contribution in [2.24, 2.45) is 0 Å². The number of hydrogen-bond acceptors (Lipinski definition) is 3. The molecule has 0 fully saturated rings. The van der Waals surface area contributed by atoms with Gasteiger partial charge in [-0.1, -0.05) is 29.3 Å². The van der Waals surface area contributed by atoms with Crippen molar-refractivity contribution in [2.45, 2.75) is 19.8 Å². The Labute approximate surface area is 130 Å². The van der Waals surface area contributed by atoms with E-state index in [2.05, 4.69) is 6.92 Å². The lowest BCUT2D eigenvalue weighted by Gasteiger charge is -2.08. The van der Waals surface area contributed by atoms with Gasteiger partial charge in [0.15, 0.2) is 0 Å². The van der Waals surface area contributed by atoms with E-state index in [1.807, 2.05) is 30.3 Å². The smallest absolute Gasteiger partial charge is 0.121 e. The van der Waals surface area contributed by atoms with Crippen LogP contribution in [-0.2, 0) is 0 Å². The molecule has 0 unspecified atom stereocenters. The highest BCUT2D eigenvalue weighted by Gasteiger charge is 1.99. The number of nitrogens with two attached hydrogens (primary N) is 1. The van der Waals surface area contributed by atoms with Gasteiger partial charge in [0, 0.05) is 6.07 Å². The molecule has 0 aromatic heterocycles. The van der Waals surface area contributed by atoms with Crippen LogP contribution in [0.5, 0.6) is 11.5 Å². The molecule has 0 aliphatic rings. The molecule has 2 aromatic carbocycles. The number of ether oxygens (including phenoxy) is 2. The zero-order valence-corrected chi connectivity index (χ0v) is 12.9. The van der Waals surface area contributed by atoms with Gasteiger partial charge >= 0.3 is 0 Å². The fourth-order valence-corrected chi connectivity index (χ4v) is 1.95. The first-order chi connectivity index (χ1) is 10.1. The highest BCUT2D eigenvalue weighted by molar-refractivity contribution is 6.33. The van der Waals surface area contributed by atoms with Gasteiger partial charge in [0.25, 0.3) is 0 Å². The number of halogens is 1. The molecule has 112 valence electrons. The van der Waals surface area contributed by atoms with Crippen molar-refractivity contribution >= 4 is 17.3 Å². The van der Waals surface area contributed by atoms with E-state index in [0.29, 0.717) is 23.9 Å². The fourth-order valence-electron chi connectivity index (χ4n) is 1.83. The maximum Gasteiger partial charge on any atom is 0.121 e. The van der Waals surface area contributed by atoms with E-state index < -0.39 is 0 Å². The lowest BCUT2D eigenvalue weighted by Crippen LogP contribution is -2.02. The lowest BCUT2D eigenvalue weighted by molar-refractivity contribution is 0.266. The molecule has 21 heavy (non-hydrogen) atoms. The molecule has 0 bridgehead atoms. The second-order valence-corrected chi connectivity index (χ2v) is 5.31. The first-order valence-electron chi connectivity index (χ1n) is 7.02. The molecule has 0 spiro atoms. The number of benzene rings is 2.